The van der Waals surface area contributed by atoms with Gasteiger partial charge in [0.05, 0.1) is 6.10 Å². The molecule has 0 N–H and O–H groups in total. The maximum absolute atomic E-state index is 13.5. The van der Waals surface area contributed by atoms with Gasteiger partial charge in [0.1, 0.15) is 5.82 Å². The van der Waals surface area contributed by atoms with E-state index in [1.165, 1.54) is 6.07 Å². The predicted molar refractivity (Wildman–Crippen MR) is 117 cm³/mol. The number of alkyl halides is 3. The molecule has 0 bridgehead atoms. The van der Waals surface area contributed by atoms with E-state index in [9.17, 15) is 18.0 Å². The molecule has 0 aromatic carbocycles. The third-order valence-corrected chi connectivity index (χ3v) is 7.87. The van der Waals surface area contributed by atoms with Gasteiger partial charge in [-0.1, -0.05) is 0 Å². The average Bonchev–Trinajstić information content (AvgIpc) is 3.58. The van der Waals surface area contributed by atoms with E-state index in [2.05, 4.69) is 20.2 Å². The van der Waals surface area contributed by atoms with Gasteiger partial charge in [0, 0.05) is 44.0 Å². The summed E-state index contributed by atoms with van der Waals surface area (Å²) in [6, 6.07) is 3.41. The smallest absolute Gasteiger partial charge is 0.376 e. The molecule has 180 valence electrons. The second-order valence-corrected chi connectivity index (χ2v) is 10.0. The molecule has 0 spiro atoms. The highest BCUT2D eigenvalue weighted by Crippen LogP contribution is 2.31. The van der Waals surface area contributed by atoms with Crippen LogP contribution in [0, 0.1) is 5.92 Å². The monoisotopic (exact) mass is 484 g/mol. The van der Waals surface area contributed by atoms with Gasteiger partial charge in [-0.15, -0.1) is 15.3 Å². The summed E-state index contributed by atoms with van der Waals surface area (Å²) in [5, 5.41) is 10.9. The van der Waals surface area contributed by atoms with Gasteiger partial charge in [-0.25, -0.2) is 0 Å². The Morgan fingerprint density at radius 3 is 2.67 bits per heavy atom. The predicted octanol–water partition coefficient (Wildman–Crippen LogP) is 2.87. The molecule has 2 unspecified atom stereocenters. The Balaban J connectivity index is 1.26. The number of amides is 1. The van der Waals surface area contributed by atoms with Crippen LogP contribution >= 0.6 is 11.8 Å². The second-order valence-electron chi connectivity index (χ2n) is 8.89. The van der Waals surface area contributed by atoms with Crippen LogP contribution in [0.15, 0.2) is 12.1 Å². The van der Waals surface area contributed by atoms with E-state index in [1.807, 2.05) is 16.7 Å². The van der Waals surface area contributed by atoms with Crippen molar-refractivity contribution in [2.24, 2.45) is 5.92 Å². The summed E-state index contributed by atoms with van der Waals surface area (Å²) in [5.41, 5.74) is 0.0512. The van der Waals surface area contributed by atoms with Crippen LogP contribution in [0.2, 0.25) is 0 Å². The Hall–Kier alpha value is -2.08. The van der Waals surface area contributed by atoms with Gasteiger partial charge in [0.25, 0.3) is 5.82 Å². The van der Waals surface area contributed by atoms with Gasteiger partial charge >= 0.3 is 6.18 Å². The van der Waals surface area contributed by atoms with Crippen molar-refractivity contribution in [2.75, 3.05) is 42.6 Å². The highest BCUT2D eigenvalue weighted by Gasteiger charge is 2.38. The molecule has 2 aromatic heterocycles. The van der Waals surface area contributed by atoms with E-state index in [0.717, 1.165) is 41.9 Å². The highest BCUT2D eigenvalue weighted by atomic mass is 32.2. The molecule has 8 nitrogen and oxygen atoms in total. The molecule has 2 atom stereocenters. The zero-order chi connectivity index (χ0) is 23.0. The first kappa shape index (κ1) is 22.7. The molecule has 5 heterocycles. The van der Waals surface area contributed by atoms with Gasteiger partial charge in [0.2, 0.25) is 5.91 Å². The third kappa shape index (κ3) is 4.77. The van der Waals surface area contributed by atoms with Gasteiger partial charge in [-0.05, 0) is 50.0 Å². The standard InChI is InChI=1S/C21H27F3N6O2S/c22-21(23,24)20-26-25-17-3-4-18(27-30(17)20)28-8-5-14(6-9-28)19(31)29(15-7-11-33-13-15)12-16-2-1-10-32-16/h3-4,14-16H,1-2,5-13H2. The number of carbonyl (C=O) groups excluding carboxylic acids is 1. The molecule has 0 radical (unpaired) electrons. The van der Waals surface area contributed by atoms with Crippen LogP contribution in [0.3, 0.4) is 0 Å². The Labute approximate surface area is 193 Å². The lowest BCUT2D eigenvalue weighted by molar-refractivity contribution is -0.146. The minimum absolute atomic E-state index is 0.0512. The van der Waals surface area contributed by atoms with Crippen molar-refractivity contribution in [3.8, 4) is 0 Å². The number of nitrogens with zero attached hydrogens (tertiary/aromatic N) is 6. The van der Waals surface area contributed by atoms with E-state index in [-0.39, 0.29) is 29.6 Å². The summed E-state index contributed by atoms with van der Waals surface area (Å²) < 4.78 is 46.1. The first-order chi connectivity index (χ1) is 15.9. The van der Waals surface area contributed by atoms with Gasteiger partial charge in [-0.3, -0.25) is 4.79 Å². The average molecular weight is 485 g/mol. The molecule has 33 heavy (non-hydrogen) atoms. The number of aromatic nitrogens is 4. The van der Waals surface area contributed by atoms with E-state index in [1.54, 1.807) is 6.07 Å². The van der Waals surface area contributed by atoms with Crippen LogP contribution in [0.5, 0.6) is 0 Å². The summed E-state index contributed by atoms with van der Waals surface area (Å²) in [5.74, 6) is 1.46. The van der Waals surface area contributed by atoms with Crippen LogP contribution in [-0.2, 0) is 15.7 Å². The summed E-state index contributed by atoms with van der Waals surface area (Å²) in [6.07, 6.45) is -0.142. The topological polar surface area (TPSA) is 75.9 Å². The fourth-order valence-corrected chi connectivity index (χ4v) is 6.13. The minimum Gasteiger partial charge on any atom is -0.376 e. The Morgan fingerprint density at radius 1 is 1.18 bits per heavy atom. The van der Waals surface area contributed by atoms with Crippen LogP contribution in [0.4, 0.5) is 19.0 Å². The molecule has 1 amide bonds. The van der Waals surface area contributed by atoms with Crippen molar-refractivity contribution >= 4 is 29.1 Å². The summed E-state index contributed by atoms with van der Waals surface area (Å²) >= 11 is 1.89. The zero-order valence-corrected chi connectivity index (χ0v) is 19.0. The number of hydrogen-bond acceptors (Lipinski definition) is 7. The number of rotatable bonds is 5. The molecule has 3 aliphatic rings. The molecule has 0 aliphatic carbocycles. The van der Waals surface area contributed by atoms with Crippen LogP contribution in [-0.4, -0.2) is 80.5 Å². The Morgan fingerprint density at radius 2 is 2.00 bits per heavy atom. The van der Waals surface area contributed by atoms with Crippen molar-refractivity contribution in [1.82, 2.24) is 24.7 Å². The SMILES string of the molecule is O=C(C1CCN(c2ccc3nnc(C(F)(F)F)n3n2)CC1)N(CC1CCCO1)C1CCSC1. The lowest BCUT2D eigenvalue weighted by Gasteiger charge is -2.37. The minimum atomic E-state index is -4.63. The Bertz CT molecular complexity index is 982. The van der Waals surface area contributed by atoms with Crippen LogP contribution < -0.4 is 4.90 Å². The fraction of sp³-hybridized carbons (Fsp3) is 0.714. The van der Waals surface area contributed by atoms with Crippen molar-refractivity contribution in [3.05, 3.63) is 18.0 Å². The van der Waals surface area contributed by atoms with E-state index in [4.69, 9.17) is 4.74 Å². The molecule has 2 aromatic rings. The van der Waals surface area contributed by atoms with Gasteiger partial charge < -0.3 is 14.5 Å². The van der Waals surface area contributed by atoms with E-state index < -0.39 is 12.0 Å². The first-order valence-electron chi connectivity index (χ1n) is 11.4. The first-order valence-corrected chi connectivity index (χ1v) is 12.6. The second kappa shape index (κ2) is 9.28. The molecule has 3 aliphatic heterocycles. The van der Waals surface area contributed by atoms with E-state index in [0.29, 0.717) is 38.3 Å². The number of halogens is 3. The normalized spacial score (nSPS) is 24.6. The molecule has 12 heteroatoms. The molecular weight excluding hydrogens is 457 g/mol. The maximum Gasteiger partial charge on any atom is 0.453 e. The highest BCUT2D eigenvalue weighted by molar-refractivity contribution is 7.99. The maximum atomic E-state index is 13.5. The van der Waals surface area contributed by atoms with Gasteiger partial charge in [0.15, 0.2) is 5.65 Å². The number of anilines is 1. The quantitative estimate of drug-likeness (QED) is 0.646. The number of fused-ring (bicyclic) bond motifs is 1. The van der Waals surface area contributed by atoms with Gasteiger partial charge in [-0.2, -0.15) is 29.4 Å². The molecule has 0 saturated carbocycles. The summed E-state index contributed by atoms with van der Waals surface area (Å²) in [7, 11) is 0. The molecule has 3 saturated heterocycles. The van der Waals surface area contributed by atoms with E-state index >= 15 is 0 Å². The number of thioether (sulfide) groups is 1. The lowest BCUT2D eigenvalue weighted by atomic mass is 9.94. The lowest BCUT2D eigenvalue weighted by Crippen LogP contribution is -2.49. The summed E-state index contributed by atoms with van der Waals surface area (Å²) in [6.45, 7) is 2.55. The number of hydrogen-bond donors (Lipinski definition) is 0. The van der Waals surface area contributed by atoms with Crippen LogP contribution in [0.1, 0.15) is 37.9 Å². The molecule has 5 rings (SSSR count). The van der Waals surface area contributed by atoms with Crippen molar-refractivity contribution in [3.63, 3.8) is 0 Å². The summed E-state index contributed by atoms with van der Waals surface area (Å²) in [4.78, 5) is 17.5. The van der Waals surface area contributed by atoms with Crippen LogP contribution in [0.25, 0.3) is 5.65 Å². The number of piperidine rings is 1. The zero-order valence-electron chi connectivity index (χ0n) is 18.2. The number of carbonyl (C=O) groups is 1. The van der Waals surface area contributed by atoms with Crippen molar-refractivity contribution in [2.45, 2.75) is 50.4 Å². The fourth-order valence-electron chi connectivity index (χ4n) is 4.91. The Kier molecular flexibility index (Phi) is 6.39. The molecular formula is C21H27F3N6O2S. The van der Waals surface area contributed by atoms with Crippen molar-refractivity contribution < 1.29 is 22.7 Å². The van der Waals surface area contributed by atoms with Crippen molar-refractivity contribution in [1.29, 1.82) is 0 Å². The third-order valence-electron chi connectivity index (χ3n) is 6.72. The largest absolute Gasteiger partial charge is 0.453 e. The number of ether oxygens (including phenoxy) is 1. The molecule has 3 fully saturated rings.